The van der Waals surface area contributed by atoms with Crippen LogP contribution in [-0.4, -0.2) is 30.4 Å². The van der Waals surface area contributed by atoms with Crippen molar-refractivity contribution in [1.29, 1.82) is 0 Å². The van der Waals surface area contributed by atoms with Crippen LogP contribution in [0.3, 0.4) is 0 Å². The van der Waals surface area contributed by atoms with Crippen molar-refractivity contribution in [3.63, 3.8) is 0 Å². The molecule has 2 aliphatic rings. The number of nitrogens with zero attached hydrogens (tertiary/aromatic N) is 1. The molecule has 0 bridgehead atoms. The first-order chi connectivity index (χ1) is 13.4. The van der Waals surface area contributed by atoms with Crippen LogP contribution in [0.5, 0.6) is 0 Å². The van der Waals surface area contributed by atoms with Crippen molar-refractivity contribution in [1.82, 2.24) is 4.90 Å². The fourth-order valence-corrected chi connectivity index (χ4v) is 4.53. The molecule has 4 nitrogen and oxygen atoms in total. The monoisotopic (exact) mass is 384 g/mol. The van der Waals surface area contributed by atoms with E-state index in [1.54, 1.807) is 12.1 Å². The molecular formula is C23H29FN2O2. The molecular weight excluding hydrogens is 355 g/mol. The van der Waals surface area contributed by atoms with E-state index in [1.807, 2.05) is 13.0 Å². The molecule has 150 valence electrons. The molecule has 0 radical (unpaired) electrons. The summed E-state index contributed by atoms with van der Waals surface area (Å²) < 4.78 is 19.0. The van der Waals surface area contributed by atoms with Gasteiger partial charge in [0.2, 0.25) is 5.91 Å². The summed E-state index contributed by atoms with van der Waals surface area (Å²) in [6, 6.07) is 10.2. The van der Waals surface area contributed by atoms with Gasteiger partial charge in [0.25, 0.3) is 0 Å². The Morgan fingerprint density at radius 1 is 1.32 bits per heavy atom. The number of benzene rings is 1. The lowest BCUT2D eigenvalue weighted by molar-refractivity contribution is -0.118. The minimum atomic E-state index is -0.324. The molecule has 1 saturated heterocycles. The zero-order valence-corrected chi connectivity index (χ0v) is 16.7. The average molecular weight is 384 g/mol. The summed E-state index contributed by atoms with van der Waals surface area (Å²) in [5.41, 5.74) is 0.712. The van der Waals surface area contributed by atoms with Crippen LogP contribution in [0.2, 0.25) is 0 Å². The third-order valence-corrected chi connectivity index (χ3v) is 6.58. The predicted molar refractivity (Wildman–Crippen MR) is 108 cm³/mol. The highest BCUT2D eigenvalue weighted by Crippen LogP contribution is 2.59. The molecule has 2 fully saturated rings. The van der Waals surface area contributed by atoms with E-state index >= 15 is 0 Å². The van der Waals surface area contributed by atoms with Crippen LogP contribution in [0.15, 0.2) is 40.8 Å². The fraction of sp³-hybridized carbons (Fsp3) is 0.522. The molecule has 5 heteroatoms. The van der Waals surface area contributed by atoms with E-state index in [1.165, 1.54) is 12.1 Å². The molecule has 1 spiro atoms. The molecule has 1 N–H and O–H groups in total. The van der Waals surface area contributed by atoms with Crippen LogP contribution in [0, 0.1) is 24.1 Å². The number of carbonyl (C=O) groups excluding carboxylic acids is 1. The maximum absolute atomic E-state index is 13.3. The molecule has 1 aliphatic carbocycles. The van der Waals surface area contributed by atoms with Gasteiger partial charge in [-0.2, -0.15) is 0 Å². The van der Waals surface area contributed by atoms with Crippen molar-refractivity contribution < 1.29 is 13.6 Å². The molecule has 1 aliphatic heterocycles. The van der Waals surface area contributed by atoms with Gasteiger partial charge < -0.3 is 14.6 Å². The Bertz CT molecular complexity index is 839. The zero-order valence-electron chi connectivity index (χ0n) is 16.7. The topological polar surface area (TPSA) is 45.5 Å². The van der Waals surface area contributed by atoms with Gasteiger partial charge in [-0.15, -0.1) is 0 Å². The highest BCUT2D eigenvalue weighted by Gasteiger charge is 2.58. The second kappa shape index (κ2) is 7.70. The number of furan rings is 1. The van der Waals surface area contributed by atoms with Gasteiger partial charge in [0, 0.05) is 17.5 Å². The summed E-state index contributed by atoms with van der Waals surface area (Å²) in [6.45, 7) is 7.37. The smallest absolute Gasteiger partial charge is 0.228 e. The SMILES string of the molecule is Cc1ccc(C(C)CCN2CCC3(CC2)CC3C(=O)Nc2cccc(F)c2)o1. The summed E-state index contributed by atoms with van der Waals surface area (Å²) in [4.78, 5) is 15.1. The standard InChI is InChI=1S/C23H29FN2O2/c1-16(21-7-6-17(2)28-21)8-11-26-12-9-23(10-13-26)15-20(23)22(27)25-19-5-3-4-18(24)14-19/h3-7,14,16,20H,8-13,15H2,1-2H3,(H,25,27). The third kappa shape index (κ3) is 4.14. The molecule has 2 aromatic rings. The van der Waals surface area contributed by atoms with Crippen LogP contribution in [0.25, 0.3) is 0 Å². The lowest BCUT2D eigenvalue weighted by Crippen LogP contribution is -2.37. The van der Waals surface area contributed by atoms with Gasteiger partial charge in [-0.1, -0.05) is 13.0 Å². The number of piperidine rings is 1. The lowest BCUT2D eigenvalue weighted by Gasteiger charge is -2.33. The number of anilines is 1. The normalized spacial score (nSPS) is 22.2. The number of rotatable bonds is 6. The fourth-order valence-electron chi connectivity index (χ4n) is 4.53. The van der Waals surface area contributed by atoms with E-state index in [0.29, 0.717) is 11.6 Å². The minimum absolute atomic E-state index is 0.0425. The Labute approximate surface area is 166 Å². The molecule has 1 amide bonds. The zero-order chi connectivity index (χ0) is 19.7. The largest absolute Gasteiger partial charge is 0.466 e. The average Bonchev–Trinajstić information content (AvgIpc) is 3.20. The van der Waals surface area contributed by atoms with E-state index in [0.717, 1.165) is 56.8 Å². The van der Waals surface area contributed by atoms with Crippen molar-refractivity contribution in [2.45, 2.75) is 45.4 Å². The highest BCUT2D eigenvalue weighted by atomic mass is 19.1. The van der Waals surface area contributed by atoms with Crippen molar-refractivity contribution in [2.24, 2.45) is 11.3 Å². The summed E-state index contributed by atoms with van der Waals surface area (Å²) in [5, 5.41) is 2.88. The second-order valence-electron chi connectivity index (χ2n) is 8.60. The van der Waals surface area contributed by atoms with E-state index < -0.39 is 0 Å². The number of carbonyl (C=O) groups is 1. The molecule has 1 aromatic carbocycles. The molecule has 28 heavy (non-hydrogen) atoms. The highest BCUT2D eigenvalue weighted by molar-refractivity contribution is 5.95. The van der Waals surface area contributed by atoms with Gasteiger partial charge >= 0.3 is 0 Å². The number of amides is 1. The Morgan fingerprint density at radius 3 is 2.79 bits per heavy atom. The van der Waals surface area contributed by atoms with Crippen LogP contribution in [-0.2, 0) is 4.79 Å². The van der Waals surface area contributed by atoms with Crippen molar-refractivity contribution in [3.05, 3.63) is 53.7 Å². The minimum Gasteiger partial charge on any atom is -0.466 e. The number of hydrogen-bond donors (Lipinski definition) is 1. The second-order valence-corrected chi connectivity index (χ2v) is 8.60. The Hall–Kier alpha value is -2.14. The maximum Gasteiger partial charge on any atom is 0.228 e. The van der Waals surface area contributed by atoms with Crippen molar-refractivity contribution >= 4 is 11.6 Å². The predicted octanol–water partition coefficient (Wildman–Crippen LogP) is 4.96. The summed E-state index contributed by atoms with van der Waals surface area (Å²) >= 11 is 0. The maximum atomic E-state index is 13.3. The Balaban J connectivity index is 1.23. The van der Waals surface area contributed by atoms with Crippen LogP contribution >= 0.6 is 0 Å². The van der Waals surface area contributed by atoms with Crippen LogP contribution in [0.4, 0.5) is 10.1 Å². The van der Waals surface area contributed by atoms with Crippen LogP contribution < -0.4 is 5.32 Å². The van der Waals surface area contributed by atoms with Gasteiger partial charge in [0.15, 0.2) is 0 Å². The van der Waals surface area contributed by atoms with Gasteiger partial charge in [0.05, 0.1) is 0 Å². The number of likely N-dealkylation sites (tertiary alicyclic amines) is 1. The van der Waals surface area contributed by atoms with Crippen molar-refractivity contribution in [2.75, 3.05) is 25.0 Å². The van der Waals surface area contributed by atoms with E-state index in [4.69, 9.17) is 4.42 Å². The summed E-state index contributed by atoms with van der Waals surface area (Å²) in [5.74, 6) is 2.26. The Kier molecular flexibility index (Phi) is 5.28. The summed E-state index contributed by atoms with van der Waals surface area (Å²) in [7, 11) is 0. The molecule has 4 rings (SSSR count). The first-order valence-corrected chi connectivity index (χ1v) is 10.3. The van der Waals surface area contributed by atoms with Gasteiger partial charge in [-0.05, 0) is 88.0 Å². The molecule has 2 atom stereocenters. The van der Waals surface area contributed by atoms with Gasteiger partial charge in [-0.25, -0.2) is 4.39 Å². The van der Waals surface area contributed by atoms with Gasteiger partial charge in [0.1, 0.15) is 17.3 Å². The van der Waals surface area contributed by atoms with Crippen LogP contribution in [0.1, 0.15) is 50.0 Å². The quantitative estimate of drug-likeness (QED) is 0.765. The van der Waals surface area contributed by atoms with Gasteiger partial charge in [-0.3, -0.25) is 4.79 Å². The number of nitrogens with one attached hydrogen (secondary N) is 1. The first kappa shape index (κ1) is 19.2. The molecule has 2 unspecified atom stereocenters. The van der Waals surface area contributed by atoms with E-state index in [-0.39, 0.29) is 23.1 Å². The molecule has 1 aromatic heterocycles. The lowest BCUT2D eigenvalue weighted by atomic mass is 9.90. The number of halogens is 1. The molecule has 2 heterocycles. The first-order valence-electron chi connectivity index (χ1n) is 10.3. The van der Waals surface area contributed by atoms with E-state index in [9.17, 15) is 9.18 Å². The molecule has 1 saturated carbocycles. The summed E-state index contributed by atoms with van der Waals surface area (Å²) in [6.07, 6.45) is 4.19. The van der Waals surface area contributed by atoms with Crippen molar-refractivity contribution in [3.8, 4) is 0 Å². The van der Waals surface area contributed by atoms with E-state index in [2.05, 4.69) is 23.2 Å². The Morgan fingerprint density at radius 2 is 2.11 bits per heavy atom. The third-order valence-electron chi connectivity index (χ3n) is 6.58. The number of aryl methyl sites for hydroxylation is 1. The number of hydrogen-bond acceptors (Lipinski definition) is 3.